The third kappa shape index (κ3) is 6.26. The van der Waals surface area contributed by atoms with Crippen molar-refractivity contribution in [2.75, 3.05) is 0 Å². The molecule has 0 aliphatic rings. The number of Topliss-reactive ketones (excluding diaryl/α,β-unsaturated/α-hetero) is 2. The van der Waals surface area contributed by atoms with Crippen molar-refractivity contribution in [3.05, 3.63) is 59.7 Å². The summed E-state index contributed by atoms with van der Waals surface area (Å²) in [6.07, 6.45) is 2.71. The van der Waals surface area contributed by atoms with E-state index in [1.165, 1.54) is 38.4 Å². The number of ketones is 2. The first kappa shape index (κ1) is 22.4. The molecule has 2 N–H and O–H groups in total. The Morgan fingerprint density at radius 1 is 0.778 bits per heavy atom. The Kier molecular flexibility index (Phi) is 8.76. The predicted octanol–water partition coefficient (Wildman–Crippen LogP) is 2.55. The first-order valence-corrected chi connectivity index (χ1v) is 8.03. The zero-order valence-corrected chi connectivity index (χ0v) is 17.1. The molecule has 0 radical (unpaired) electrons. The number of carbonyl (C=O) groups is 2. The van der Waals surface area contributed by atoms with E-state index >= 15 is 0 Å². The van der Waals surface area contributed by atoms with Crippen LogP contribution in [0.15, 0.2) is 58.5 Å². The fourth-order valence-corrected chi connectivity index (χ4v) is 2.33. The first-order valence-electron chi connectivity index (χ1n) is 8.03. The predicted molar refractivity (Wildman–Crippen MR) is 100 cm³/mol. The largest absolute Gasteiger partial charge is 0.507 e. The van der Waals surface area contributed by atoms with Crippen LogP contribution in [-0.4, -0.2) is 46.3 Å². The van der Waals surface area contributed by atoms with Gasteiger partial charge in [-0.25, -0.2) is 0 Å². The van der Waals surface area contributed by atoms with Gasteiger partial charge in [0, 0.05) is 44.6 Å². The summed E-state index contributed by atoms with van der Waals surface area (Å²) in [5.74, 6) is -0.608. The fourth-order valence-electron chi connectivity index (χ4n) is 2.33. The molecule has 0 aliphatic heterocycles. The topological polar surface area (TPSA) is 99.3 Å². The molecule has 0 spiro atoms. The monoisotopic (exact) mass is 547 g/mol. The minimum absolute atomic E-state index is 0. The van der Waals surface area contributed by atoms with Gasteiger partial charge in [0.2, 0.25) is 0 Å². The van der Waals surface area contributed by atoms with E-state index in [0.29, 0.717) is 11.1 Å². The third-order valence-electron chi connectivity index (χ3n) is 3.75. The van der Waals surface area contributed by atoms with E-state index in [-0.39, 0.29) is 44.1 Å². The summed E-state index contributed by atoms with van der Waals surface area (Å²) in [5, 5.41) is 19.6. The van der Waals surface area contributed by atoms with Gasteiger partial charge in [-0.3, -0.25) is 19.6 Å². The molecule has 144 valence electrons. The number of phenols is 2. The molecule has 0 saturated heterocycles. The van der Waals surface area contributed by atoms with Crippen LogP contribution in [0.25, 0.3) is 0 Å². The molecule has 6 nitrogen and oxygen atoms in total. The Morgan fingerprint density at radius 2 is 1.11 bits per heavy atom. The molecular weight excluding hydrogens is 527 g/mol. The minimum Gasteiger partial charge on any atom is -0.507 e. The summed E-state index contributed by atoms with van der Waals surface area (Å²) in [4.78, 5) is 32.4. The quantitative estimate of drug-likeness (QED) is 0.521. The minimum atomic E-state index is -1.02. The van der Waals surface area contributed by atoms with Crippen LogP contribution in [0, 0.1) is 0 Å². The van der Waals surface area contributed by atoms with Gasteiger partial charge < -0.3 is 10.2 Å². The molecule has 2 unspecified atom stereocenters. The SMILES string of the molecule is CC(=O)C(N=Cc1ccccc1O)C(N=Cc1ccccc1O)C(C)=O.[Pt]. The van der Waals surface area contributed by atoms with E-state index in [1.54, 1.807) is 36.4 Å². The second-order valence-electron chi connectivity index (χ2n) is 5.78. The Morgan fingerprint density at radius 3 is 1.41 bits per heavy atom. The summed E-state index contributed by atoms with van der Waals surface area (Å²) in [5.41, 5.74) is 0.872. The summed E-state index contributed by atoms with van der Waals surface area (Å²) >= 11 is 0. The molecule has 0 aliphatic carbocycles. The van der Waals surface area contributed by atoms with E-state index in [9.17, 15) is 19.8 Å². The van der Waals surface area contributed by atoms with E-state index in [2.05, 4.69) is 9.98 Å². The molecule has 0 heterocycles. The molecule has 0 fully saturated rings. The molecule has 2 rings (SSSR count). The summed E-state index contributed by atoms with van der Waals surface area (Å²) in [6, 6.07) is 11.0. The maximum Gasteiger partial charge on any atom is 0.156 e. The van der Waals surface area contributed by atoms with Crippen LogP contribution in [0.5, 0.6) is 11.5 Å². The molecule has 27 heavy (non-hydrogen) atoms. The van der Waals surface area contributed by atoms with Crippen molar-refractivity contribution in [3.8, 4) is 11.5 Å². The maximum atomic E-state index is 12.0. The Labute approximate surface area is 171 Å². The Balaban J connectivity index is 0.00000364. The average molecular weight is 547 g/mol. The number of carbonyl (C=O) groups excluding carboxylic acids is 2. The number of nitrogens with zero attached hydrogens (tertiary/aromatic N) is 2. The second kappa shape index (κ2) is 10.5. The van der Waals surface area contributed by atoms with Crippen LogP contribution in [0.3, 0.4) is 0 Å². The van der Waals surface area contributed by atoms with E-state index < -0.39 is 12.1 Å². The average Bonchev–Trinajstić information content (AvgIpc) is 2.59. The number of hydrogen-bond acceptors (Lipinski definition) is 6. The van der Waals surface area contributed by atoms with E-state index in [4.69, 9.17) is 0 Å². The van der Waals surface area contributed by atoms with Gasteiger partial charge in [-0.05, 0) is 38.1 Å². The van der Waals surface area contributed by atoms with Crippen molar-refractivity contribution in [1.29, 1.82) is 0 Å². The third-order valence-corrected chi connectivity index (χ3v) is 3.75. The second-order valence-corrected chi connectivity index (χ2v) is 5.78. The van der Waals surface area contributed by atoms with Gasteiger partial charge in [-0.15, -0.1) is 0 Å². The van der Waals surface area contributed by atoms with E-state index in [1.807, 2.05) is 0 Å². The zero-order valence-electron chi connectivity index (χ0n) is 14.8. The van der Waals surface area contributed by atoms with Crippen molar-refractivity contribution >= 4 is 24.0 Å². The van der Waals surface area contributed by atoms with Crippen LogP contribution in [0.4, 0.5) is 0 Å². The molecular formula is C20H20N2O4Pt. The molecule has 7 heteroatoms. The number of benzene rings is 2. The smallest absolute Gasteiger partial charge is 0.156 e. The van der Waals surface area contributed by atoms with Crippen molar-refractivity contribution in [2.45, 2.75) is 25.9 Å². The number of para-hydroxylation sites is 2. The van der Waals surface area contributed by atoms with Crippen LogP contribution in [0.2, 0.25) is 0 Å². The summed E-state index contributed by atoms with van der Waals surface area (Å²) in [7, 11) is 0. The zero-order chi connectivity index (χ0) is 19.1. The van der Waals surface area contributed by atoms with Crippen molar-refractivity contribution in [3.63, 3.8) is 0 Å². The van der Waals surface area contributed by atoms with Gasteiger partial charge in [0.15, 0.2) is 11.6 Å². The maximum absolute atomic E-state index is 12.0. The van der Waals surface area contributed by atoms with Crippen LogP contribution >= 0.6 is 0 Å². The van der Waals surface area contributed by atoms with Crippen LogP contribution in [0.1, 0.15) is 25.0 Å². The van der Waals surface area contributed by atoms with Crippen molar-refractivity contribution < 1.29 is 40.9 Å². The molecule has 2 aromatic rings. The first-order chi connectivity index (χ1) is 12.4. The van der Waals surface area contributed by atoms with Gasteiger partial charge in [-0.1, -0.05) is 24.3 Å². The van der Waals surface area contributed by atoms with Gasteiger partial charge in [-0.2, -0.15) is 0 Å². The standard InChI is InChI=1S/C20H20N2O4.Pt/c1-13(23)19(21-11-15-7-3-5-9-17(15)25)20(14(2)24)22-12-16-8-4-6-10-18(16)26;/h3-12,19-20,25-26H,1-2H3;. The van der Waals surface area contributed by atoms with Gasteiger partial charge in [0.1, 0.15) is 23.6 Å². The normalized spacial score (nSPS) is 13.3. The number of aliphatic imine (C=N–C) groups is 2. The molecule has 0 bridgehead atoms. The van der Waals surface area contributed by atoms with Crippen LogP contribution in [-0.2, 0) is 30.7 Å². The number of rotatable bonds is 7. The van der Waals surface area contributed by atoms with Crippen molar-refractivity contribution in [2.24, 2.45) is 9.98 Å². The summed E-state index contributed by atoms with van der Waals surface area (Å²) < 4.78 is 0. The van der Waals surface area contributed by atoms with Gasteiger partial charge >= 0.3 is 0 Å². The Hall–Kier alpha value is -2.59. The van der Waals surface area contributed by atoms with Crippen molar-refractivity contribution in [1.82, 2.24) is 0 Å². The number of hydrogen-bond donors (Lipinski definition) is 2. The Bertz CT molecular complexity index is 793. The molecule has 0 saturated carbocycles. The van der Waals surface area contributed by atoms with Crippen LogP contribution < -0.4 is 0 Å². The molecule has 0 amide bonds. The number of aromatic hydroxyl groups is 2. The summed E-state index contributed by atoms with van der Waals surface area (Å²) in [6.45, 7) is 2.66. The molecule has 2 atom stereocenters. The van der Waals surface area contributed by atoms with Gasteiger partial charge in [0.25, 0.3) is 0 Å². The molecule has 0 aromatic heterocycles. The van der Waals surface area contributed by atoms with E-state index in [0.717, 1.165) is 0 Å². The van der Waals surface area contributed by atoms with Gasteiger partial charge in [0.05, 0.1) is 0 Å². The fraction of sp³-hybridized carbons (Fsp3) is 0.200. The number of phenolic OH excluding ortho intramolecular Hbond substituents is 2. The molecule has 2 aromatic carbocycles.